The van der Waals surface area contributed by atoms with Crippen molar-refractivity contribution in [2.45, 2.75) is 19.8 Å². The lowest BCUT2D eigenvalue weighted by molar-refractivity contribution is -0.137. The molecule has 8 heteroatoms. The Kier molecular flexibility index (Phi) is 8.08. The van der Waals surface area contributed by atoms with Gasteiger partial charge in [-0.25, -0.2) is 0 Å². The van der Waals surface area contributed by atoms with Gasteiger partial charge in [0.15, 0.2) is 0 Å². The molecule has 162 valence electrons. The van der Waals surface area contributed by atoms with Crippen LogP contribution in [-0.4, -0.2) is 46.0 Å². The third-order valence-electron chi connectivity index (χ3n) is 4.53. The van der Waals surface area contributed by atoms with Gasteiger partial charge in [-0.1, -0.05) is 54.3 Å². The number of carbonyl (C=O) groups is 2. The number of para-hydroxylation sites is 1. The van der Waals surface area contributed by atoms with Crippen molar-refractivity contribution in [1.82, 2.24) is 4.90 Å². The average molecular weight is 458 g/mol. The van der Waals surface area contributed by atoms with Gasteiger partial charge in [0.25, 0.3) is 5.91 Å². The topological polar surface area (TPSA) is 76.1 Å². The van der Waals surface area contributed by atoms with Crippen LogP contribution in [0, 0.1) is 6.92 Å². The van der Waals surface area contributed by atoms with E-state index in [0.29, 0.717) is 41.2 Å². The largest absolute Gasteiger partial charge is 0.490 e. The van der Waals surface area contributed by atoms with E-state index in [1.165, 1.54) is 16.7 Å². The molecule has 31 heavy (non-hydrogen) atoms. The Morgan fingerprint density at radius 2 is 1.84 bits per heavy atom. The molecule has 0 aliphatic carbocycles. The number of nitrogens with zero attached hydrogens (tertiary/aromatic N) is 1. The van der Waals surface area contributed by atoms with E-state index in [0.717, 1.165) is 16.9 Å². The maximum atomic E-state index is 12.5. The summed E-state index contributed by atoms with van der Waals surface area (Å²) in [6, 6.07) is 15.3. The number of carbonyl (C=O) groups excluding carboxylic acids is 1. The summed E-state index contributed by atoms with van der Waals surface area (Å²) < 4.78 is 11.9. The van der Waals surface area contributed by atoms with E-state index < -0.39 is 5.97 Å². The Bertz CT molecular complexity index is 988. The van der Waals surface area contributed by atoms with E-state index >= 15 is 0 Å². The van der Waals surface area contributed by atoms with Crippen LogP contribution >= 0.6 is 24.0 Å². The van der Waals surface area contributed by atoms with Crippen molar-refractivity contribution in [3.05, 3.63) is 64.6 Å². The molecular formula is C23H23NO5S2. The molecule has 0 radical (unpaired) electrons. The smallest absolute Gasteiger partial charge is 0.303 e. The van der Waals surface area contributed by atoms with Gasteiger partial charge in [-0.3, -0.25) is 14.5 Å². The molecule has 0 saturated carbocycles. The van der Waals surface area contributed by atoms with E-state index in [1.807, 2.05) is 55.5 Å². The first-order valence-electron chi connectivity index (χ1n) is 9.82. The van der Waals surface area contributed by atoms with Crippen LogP contribution in [0.25, 0.3) is 6.08 Å². The molecule has 1 aliphatic heterocycles. The maximum Gasteiger partial charge on any atom is 0.303 e. The molecule has 1 fully saturated rings. The Hall–Kier alpha value is -2.84. The van der Waals surface area contributed by atoms with Crippen LogP contribution in [0.5, 0.6) is 11.5 Å². The number of aliphatic carboxylic acids is 1. The molecule has 3 rings (SSSR count). The van der Waals surface area contributed by atoms with Gasteiger partial charge in [0.2, 0.25) is 0 Å². The van der Waals surface area contributed by atoms with E-state index in [9.17, 15) is 9.59 Å². The van der Waals surface area contributed by atoms with E-state index in [1.54, 1.807) is 6.08 Å². The minimum Gasteiger partial charge on any atom is -0.490 e. The molecule has 0 spiro atoms. The fraction of sp³-hybridized carbons (Fsp3) is 0.261. The molecule has 0 bridgehead atoms. The summed E-state index contributed by atoms with van der Waals surface area (Å²) in [5, 5.41) is 8.75. The van der Waals surface area contributed by atoms with Gasteiger partial charge in [0, 0.05) is 13.0 Å². The third kappa shape index (κ3) is 6.57. The zero-order valence-corrected chi connectivity index (χ0v) is 18.7. The summed E-state index contributed by atoms with van der Waals surface area (Å²) in [6.07, 6.45) is 2.16. The summed E-state index contributed by atoms with van der Waals surface area (Å²) in [7, 11) is 0. The van der Waals surface area contributed by atoms with Crippen LogP contribution in [-0.2, 0) is 9.59 Å². The number of hydrogen-bond donors (Lipinski definition) is 1. The number of rotatable bonds is 10. The molecule has 1 aliphatic rings. The second-order valence-corrected chi connectivity index (χ2v) is 8.54. The minimum absolute atomic E-state index is 0.00751. The minimum atomic E-state index is -0.884. The first-order chi connectivity index (χ1) is 14.9. The van der Waals surface area contributed by atoms with Crippen LogP contribution < -0.4 is 9.47 Å². The zero-order chi connectivity index (χ0) is 22.2. The summed E-state index contributed by atoms with van der Waals surface area (Å²) >= 11 is 6.49. The normalized spacial score (nSPS) is 14.9. The van der Waals surface area contributed by atoms with Crippen molar-refractivity contribution < 1.29 is 24.2 Å². The van der Waals surface area contributed by atoms with Gasteiger partial charge < -0.3 is 14.6 Å². The first kappa shape index (κ1) is 22.8. The molecule has 0 atom stereocenters. The van der Waals surface area contributed by atoms with Crippen LogP contribution in [0.4, 0.5) is 0 Å². The van der Waals surface area contributed by atoms with Gasteiger partial charge in [0.1, 0.15) is 29.0 Å². The molecule has 1 saturated heterocycles. The zero-order valence-electron chi connectivity index (χ0n) is 17.1. The lowest BCUT2D eigenvalue weighted by atomic mass is 10.2. The monoisotopic (exact) mass is 457 g/mol. The predicted octanol–water partition coefficient (Wildman–Crippen LogP) is 4.52. The van der Waals surface area contributed by atoms with Gasteiger partial charge in [-0.2, -0.15) is 0 Å². The Balaban J connectivity index is 1.50. The highest BCUT2D eigenvalue weighted by atomic mass is 32.2. The van der Waals surface area contributed by atoms with E-state index in [4.69, 9.17) is 26.8 Å². The second-order valence-electron chi connectivity index (χ2n) is 6.86. The summed E-state index contributed by atoms with van der Waals surface area (Å²) in [4.78, 5) is 25.2. The quantitative estimate of drug-likeness (QED) is 0.319. The number of ether oxygens (including phenoxy) is 2. The van der Waals surface area contributed by atoms with Crippen LogP contribution in [0.2, 0.25) is 0 Å². The molecule has 1 amide bonds. The highest BCUT2D eigenvalue weighted by Crippen LogP contribution is 2.33. The van der Waals surface area contributed by atoms with Crippen molar-refractivity contribution in [3.63, 3.8) is 0 Å². The second kappa shape index (κ2) is 11.0. The molecule has 2 aromatic rings. The van der Waals surface area contributed by atoms with Gasteiger partial charge in [-0.05, 0) is 48.7 Å². The Morgan fingerprint density at radius 1 is 1.13 bits per heavy atom. The van der Waals surface area contributed by atoms with Crippen molar-refractivity contribution in [1.29, 1.82) is 0 Å². The van der Waals surface area contributed by atoms with E-state index in [2.05, 4.69) is 0 Å². The van der Waals surface area contributed by atoms with Crippen molar-refractivity contribution in [2.24, 2.45) is 0 Å². The van der Waals surface area contributed by atoms with Crippen molar-refractivity contribution >= 4 is 46.3 Å². The highest BCUT2D eigenvalue weighted by Gasteiger charge is 2.31. The summed E-state index contributed by atoms with van der Waals surface area (Å²) in [5.74, 6) is 0.493. The number of hydrogen-bond acceptors (Lipinski definition) is 6. The Morgan fingerprint density at radius 3 is 2.55 bits per heavy atom. The number of thiocarbonyl (C=S) groups is 1. The van der Waals surface area contributed by atoms with Crippen molar-refractivity contribution in [2.75, 3.05) is 19.8 Å². The molecular weight excluding hydrogens is 434 g/mol. The SMILES string of the molecule is Cc1ccccc1OCCOc1ccc(/C=C2\SC(=S)N(CCCC(=O)O)C2=O)cc1. The fourth-order valence-electron chi connectivity index (χ4n) is 2.92. The van der Waals surface area contributed by atoms with Crippen LogP contribution in [0.15, 0.2) is 53.4 Å². The summed E-state index contributed by atoms with van der Waals surface area (Å²) in [6.45, 7) is 3.17. The van der Waals surface area contributed by atoms with Gasteiger partial charge in [0.05, 0.1) is 4.91 Å². The fourth-order valence-corrected chi connectivity index (χ4v) is 4.23. The van der Waals surface area contributed by atoms with Crippen LogP contribution in [0.1, 0.15) is 24.0 Å². The number of carboxylic acids is 1. The lowest BCUT2D eigenvalue weighted by Crippen LogP contribution is -2.29. The highest BCUT2D eigenvalue weighted by molar-refractivity contribution is 8.26. The van der Waals surface area contributed by atoms with E-state index in [-0.39, 0.29) is 12.3 Å². The average Bonchev–Trinajstić information content (AvgIpc) is 3.00. The first-order valence-corrected chi connectivity index (χ1v) is 11.0. The predicted molar refractivity (Wildman–Crippen MR) is 125 cm³/mol. The standard InChI is InChI=1S/C23H23NO5S2/c1-16-5-2-3-6-19(16)29-14-13-28-18-10-8-17(9-11-18)15-20-22(27)24(23(30)31-20)12-4-7-21(25)26/h2-3,5-6,8-11,15H,4,7,12-14H2,1H3,(H,25,26)/b20-15-. The third-order valence-corrected chi connectivity index (χ3v) is 5.90. The van der Waals surface area contributed by atoms with Gasteiger partial charge >= 0.3 is 5.97 Å². The molecule has 6 nitrogen and oxygen atoms in total. The number of amides is 1. The number of carboxylic acid groups (broad SMARTS) is 1. The number of thioether (sulfide) groups is 1. The molecule has 0 aromatic heterocycles. The number of aryl methyl sites for hydroxylation is 1. The summed E-state index contributed by atoms with van der Waals surface area (Å²) in [5.41, 5.74) is 1.94. The van der Waals surface area contributed by atoms with Crippen LogP contribution in [0.3, 0.4) is 0 Å². The molecule has 1 N–H and O–H groups in total. The van der Waals surface area contributed by atoms with Crippen molar-refractivity contribution in [3.8, 4) is 11.5 Å². The molecule has 0 unspecified atom stereocenters. The molecule has 2 aromatic carbocycles. The Labute approximate surface area is 190 Å². The lowest BCUT2D eigenvalue weighted by Gasteiger charge is -2.13. The molecule has 1 heterocycles. The number of benzene rings is 2. The maximum absolute atomic E-state index is 12.5. The van der Waals surface area contributed by atoms with Gasteiger partial charge in [-0.15, -0.1) is 0 Å².